The third-order valence-corrected chi connectivity index (χ3v) is 5.60. The Morgan fingerprint density at radius 2 is 2.08 bits per heavy atom. The lowest BCUT2D eigenvalue weighted by Gasteiger charge is -2.48. The van der Waals surface area contributed by atoms with Crippen molar-refractivity contribution < 1.29 is 14.0 Å². The number of likely N-dealkylation sites (N-methyl/N-ethyl adjacent to an activating group) is 1. The molecule has 2 amide bonds. The van der Waals surface area contributed by atoms with Crippen LogP contribution in [0.3, 0.4) is 0 Å². The fourth-order valence-electron chi connectivity index (χ4n) is 4.32. The van der Waals surface area contributed by atoms with E-state index in [2.05, 4.69) is 12.2 Å². The van der Waals surface area contributed by atoms with Gasteiger partial charge in [0.15, 0.2) is 0 Å². The third kappa shape index (κ3) is 4.23. The highest BCUT2D eigenvalue weighted by molar-refractivity contribution is 5.80. The van der Waals surface area contributed by atoms with Crippen molar-refractivity contribution in [1.82, 2.24) is 15.1 Å². The summed E-state index contributed by atoms with van der Waals surface area (Å²) < 4.78 is 13.0. The molecule has 2 heterocycles. The first-order valence-electron chi connectivity index (χ1n) is 9.41. The summed E-state index contributed by atoms with van der Waals surface area (Å²) in [6.07, 6.45) is 4.04. The number of hydrogen-bond donors (Lipinski definition) is 1. The number of nitrogens with zero attached hydrogens (tertiary/aromatic N) is 2. The summed E-state index contributed by atoms with van der Waals surface area (Å²) in [4.78, 5) is 28.9. The van der Waals surface area contributed by atoms with E-state index in [-0.39, 0.29) is 29.2 Å². The second-order valence-corrected chi connectivity index (χ2v) is 7.86. The van der Waals surface area contributed by atoms with Crippen LogP contribution < -0.4 is 5.32 Å². The molecule has 2 aliphatic heterocycles. The zero-order valence-electron chi connectivity index (χ0n) is 15.6. The van der Waals surface area contributed by atoms with Gasteiger partial charge in [-0.3, -0.25) is 14.5 Å². The number of rotatable bonds is 4. The third-order valence-electron chi connectivity index (χ3n) is 5.60. The van der Waals surface area contributed by atoms with Gasteiger partial charge in [-0.2, -0.15) is 0 Å². The van der Waals surface area contributed by atoms with Crippen LogP contribution in [0, 0.1) is 5.82 Å². The number of nitrogens with one attached hydrogen (secondary N) is 1. The van der Waals surface area contributed by atoms with E-state index in [9.17, 15) is 14.0 Å². The average molecular weight is 361 g/mol. The van der Waals surface area contributed by atoms with E-state index in [1.807, 2.05) is 16.8 Å². The van der Waals surface area contributed by atoms with E-state index < -0.39 is 0 Å². The first-order chi connectivity index (χ1) is 12.4. The van der Waals surface area contributed by atoms with Gasteiger partial charge in [0, 0.05) is 19.5 Å². The van der Waals surface area contributed by atoms with Crippen molar-refractivity contribution in [3.63, 3.8) is 0 Å². The largest absolute Gasteiger partial charge is 0.349 e. The Hall–Kier alpha value is -1.95. The normalized spacial score (nSPS) is 26.2. The maximum atomic E-state index is 13.0. The van der Waals surface area contributed by atoms with Crippen LogP contribution in [0.1, 0.15) is 44.6 Å². The van der Waals surface area contributed by atoms with Crippen LogP contribution in [0.25, 0.3) is 0 Å². The Morgan fingerprint density at radius 3 is 2.81 bits per heavy atom. The van der Waals surface area contributed by atoms with Crippen molar-refractivity contribution in [2.45, 2.75) is 57.2 Å². The van der Waals surface area contributed by atoms with E-state index in [0.717, 1.165) is 37.8 Å². The van der Waals surface area contributed by atoms with E-state index in [4.69, 9.17) is 0 Å². The van der Waals surface area contributed by atoms with Gasteiger partial charge in [0.1, 0.15) is 5.82 Å². The molecule has 0 bridgehead atoms. The number of benzene rings is 1. The van der Waals surface area contributed by atoms with Crippen molar-refractivity contribution in [2.75, 3.05) is 20.1 Å². The van der Waals surface area contributed by atoms with Gasteiger partial charge in [0.05, 0.1) is 18.1 Å². The molecular formula is C20H28FN3O2. The van der Waals surface area contributed by atoms with Crippen LogP contribution in [-0.4, -0.2) is 53.3 Å². The van der Waals surface area contributed by atoms with Gasteiger partial charge >= 0.3 is 0 Å². The lowest BCUT2D eigenvalue weighted by atomic mass is 9.81. The molecule has 1 aromatic rings. The average Bonchev–Trinajstić information content (AvgIpc) is 2.73. The minimum atomic E-state index is -0.322. The molecule has 2 fully saturated rings. The molecular weight excluding hydrogens is 333 g/mol. The molecule has 2 atom stereocenters. The Bertz CT molecular complexity index is 664. The van der Waals surface area contributed by atoms with Crippen molar-refractivity contribution in [2.24, 2.45) is 0 Å². The van der Waals surface area contributed by atoms with E-state index >= 15 is 0 Å². The second-order valence-electron chi connectivity index (χ2n) is 7.86. The summed E-state index contributed by atoms with van der Waals surface area (Å²) in [5.74, 6) is -0.0603. The lowest BCUT2D eigenvalue weighted by Crippen LogP contribution is -2.64. The molecule has 0 aliphatic carbocycles. The van der Waals surface area contributed by atoms with Gasteiger partial charge in [0.2, 0.25) is 11.8 Å². The van der Waals surface area contributed by atoms with Crippen LogP contribution in [0.4, 0.5) is 4.39 Å². The molecule has 1 N–H and O–H groups in total. The summed E-state index contributed by atoms with van der Waals surface area (Å²) >= 11 is 0. The van der Waals surface area contributed by atoms with Crippen LogP contribution in [0.5, 0.6) is 0 Å². The predicted octanol–water partition coefficient (Wildman–Crippen LogP) is 2.31. The fraction of sp³-hybridized carbons (Fsp3) is 0.600. The molecule has 26 heavy (non-hydrogen) atoms. The predicted molar refractivity (Wildman–Crippen MR) is 97.9 cm³/mol. The summed E-state index contributed by atoms with van der Waals surface area (Å²) in [5.41, 5.74) is 0.656. The number of carbonyl (C=O) groups excluding carboxylic acids is 2. The van der Waals surface area contributed by atoms with Gasteiger partial charge in [0.25, 0.3) is 0 Å². The number of fused-ring (bicyclic) bond motifs is 1. The van der Waals surface area contributed by atoms with Crippen molar-refractivity contribution >= 4 is 11.8 Å². The van der Waals surface area contributed by atoms with Gasteiger partial charge in [-0.05, 0) is 57.4 Å². The molecule has 5 nitrogen and oxygen atoms in total. The Kier molecular flexibility index (Phi) is 5.61. The number of likely N-dealkylation sites (tertiary alicyclic amines) is 1. The quantitative estimate of drug-likeness (QED) is 0.895. The lowest BCUT2D eigenvalue weighted by molar-refractivity contribution is -0.139. The molecule has 0 unspecified atom stereocenters. The topological polar surface area (TPSA) is 52.7 Å². The Labute approximate surface area is 154 Å². The van der Waals surface area contributed by atoms with Gasteiger partial charge < -0.3 is 10.2 Å². The maximum absolute atomic E-state index is 13.0. The molecule has 142 valence electrons. The van der Waals surface area contributed by atoms with Crippen LogP contribution in [-0.2, 0) is 16.1 Å². The van der Waals surface area contributed by atoms with Crippen molar-refractivity contribution in [3.05, 3.63) is 35.6 Å². The number of hydrogen-bond acceptors (Lipinski definition) is 3. The molecule has 6 heteroatoms. The Balaban J connectivity index is 1.64. The zero-order chi connectivity index (χ0) is 18.7. The van der Waals surface area contributed by atoms with Crippen molar-refractivity contribution in [1.29, 1.82) is 0 Å². The van der Waals surface area contributed by atoms with Gasteiger partial charge in [-0.25, -0.2) is 4.39 Å². The molecule has 1 aromatic carbocycles. The standard InChI is InChI=1S/C20H28FN3O2/c1-20-11-4-12-24(17(20)5-3-6-18(25)22-20)19(26)14-23(2)13-15-7-9-16(21)10-8-15/h7-10,17H,3-6,11-14H2,1-2H3,(H,22,25)/t17-,20-/m0/s1. The minimum absolute atomic E-state index is 0.0643. The van der Waals surface area contributed by atoms with E-state index in [0.29, 0.717) is 19.5 Å². The maximum Gasteiger partial charge on any atom is 0.237 e. The fourth-order valence-corrected chi connectivity index (χ4v) is 4.32. The summed E-state index contributed by atoms with van der Waals surface area (Å²) in [6, 6.07) is 6.43. The Morgan fingerprint density at radius 1 is 1.35 bits per heavy atom. The van der Waals surface area contributed by atoms with Crippen LogP contribution in [0.15, 0.2) is 24.3 Å². The molecule has 0 saturated carbocycles. The van der Waals surface area contributed by atoms with Crippen LogP contribution >= 0.6 is 0 Å². The summed E-state index contributed by atoms with van der Waals surface area (Å²) in [5, 5.41) is 3.16. The number of carbonyl (C=O) groups is 2. The molecule has 0 radical (unpaired) electrons. The van der Waals surface area contributed by atoms with Gasteiger partial charge in [-0.15, -0.1) is 0 Å². The summed E-state index contributed by atoms with van der Waals surface area (Å²) in [7, 11) is 1.90. The highest BCUT2D eigenvalue weighted by atomic mass is 19.1. The zero-order valence-corrected chi connectivity index (χ0v) is 15.6. The molecule has 0 spiro atoms. The van der Waals surface area contributed by atoms with Crippen LogP contribution in [0.2, 0.25) is 0 Å². The number of amides is 2. The summed E-state index contributed by atoms with van der Waals surface area (Å²) in [6.45, 7) is 3.73. The number of halogens is 1. The van der Waals surface area contributed by atoms with Gasteiger partial charge in [-0.1, -0.05) is 12.1 Å². The highest BCUT2D eigenvalue weighted by Crippen LogP contribution is 2.33. The molecule has 2 aliphatic rings. The number of piperidine rings is 1. The first kappa shape index (κ1) is 18.8. The molecule has 0 aromatic heterocycles. The smallest absolute Gasteiger partial charge is 0.237 e. The van der Waals surface area contributed by atoms with E-state index in [1.54, 1.807) is 12.1 Å². The van der Waals surface area contributed by atoms with E-state index in [1.165, 1.54) is 12.1 Å². The first-order valence-corrected chi connectivity index (χ1v) is 9.41. The van der Waals surface area contributed by atoms with Crippen molar-refractivity contribution in [3.8, 4) is 0 Å². The SMILES string of the molecule is CN(CC(=O)N1CCC[C@]2(C)NC(=O)CCC[C@H]12)Cc1ccc(F)cc1. The minimum Gasteiger partial charge on any atom is -0.349 e. The highest BCUT2D eigenvalue weighted by Gasteiger charge is 2.44. The second kappa shape index (κ2) is 7.74. The monoisotopic (exact) mass is 361 g/mol. The molecule has 3 rings (SSSR count). The molecule has 2 saturated heterocycles.